The van der Waals surface area contributed by atoms with Crippen LogP contribution in [0.4, 0.5) is 0 Å². The van der Waals surface area contributed by atoms with E-state index in [1.165, 1.54) is 4.31 Å². The van der Waals surface area contributed by atoms with Gasteiger partial charge >= 0.3 is 0 Å². The second-order valence-electron chi connectivity index (χ2n) is 2.92. The molecule has 1 fully saturated rings. The van der Waals surface area contributed by atoms with E-state index in [0.717, 1.165) is 0 Å². The third-order valence-electron chi connectivity index (χ3n) is 1.64. The molecule has 1 atom stereocenters. The molecule has 1 aliphatic rings. The molecular weight excluding hydrogens is 194 g/mol. The molecule has 1 unspecified atom stereocenters. The molecule has 1 saturated heterocycles. The van der Waals surface area contributed by atoms with E-state index in [0.29, 0.717) is 26.3 Å². The molecule has 0 spiro atoms. The Balaban J connectivity index is 2.57. The topological polar surface area (TPSA) is 84.7 Å². The highest BCUT2D eigenvalue weighted by atomic mass is 32.2. The van der Waals surface area contributed by atoms with E-state index in [4.69, 9.17) is 10.5 Å². The van der Waals surface area contributed by atoms with Gasteiger partial charge in [-0.15, -0.1) is 0 Å². The summed E-state index contributed by atoms with van der Waals surface area (Å²) in [5, 5.41) is 0. The highest BCUT2D eigenvalue weighted by Gasteiger charge is 2.24. The first-order valence-corrected chi connectivity index (χ1v) is 5.57. The van der Waals surface area contributed by atoms with Crippen LogP contribution in [0.15, 0.2) is 0 Å². The van der Waals surface area contributed by atoms with Crippen LogP contribution in [0.5, 0.6) is 0 Å². The van der Waals surface area contributed by atoms with Crippen LogP contribution in [0, 0.1) is 0 Å². The Labute approximate surface area is 78.2 Å². The number of hydrogen-bond acceptors (Lipinski definition) is 4. The molecule has 3 N–H and O–H groups in total. The summed E-state index contributed by atoms with van der Waals surface area (Å²) in [7, 11) is -3.40. The number of nitrogens with zero attached hydrogens (tertiary/aromatic N) is 1. The third kappa shape index (κ3) is 3.20. The average molecular weight is 209 g/mol. The zero-order valence-electron chi connectivity index (χ0n) is 7.56. The summed E-state index contributed by atoms with van der Waals surface area (Å²) < 4.78 is 31.6. The maximum absolute atomic E-state index is 11.5. The molecule has 6 nitrogen and oxygen atoms in total. The number of hydrogen-bond donors (Lipinski definition) is 2. The van der Waals surface area contributed by atoms with Crippen LogP contribution in [0.25, 0.3) is 0 Å². The number of nitrogens with two attached hydrogens (primary N) is 1. The summed E-state index contributed by atoms with van der Waals surface area (Å²) in [6, 6.07) is 0. The highest BCUT2D eigenvalue weighted by Crippen LogP contribution is 2.02. The summed E-state index contributed by atoms with van der Waals surface area (Å²) in [5.41, 5.74) is 5.34. The summed E-state index contributed by atoms with van der Waals surface area (Å²) in [6.45, 7) is 3.25. The zero-order chi connectivity index (χ0) is 9.90. The van der Waals surface area contributed by atoms with Crippen LogP contribution in [-0.2, 0) is 14.9 Å². The lowest BCUT2D eigenvalue weighted by Gasteiger charge is -2.26. The van der Waals surface area contributed by atoms with Crippen molar-refractivity contribution in [3.63, 3.8) is 0 Å². The second kappa shape index (κ2) is 4.34. The minimum Gasteiger partial charge on any atom is -0.379 e. The van der Waals surface area contributed by atoms with Gasteiger partial charge < -0.3 is 10.5 Å². The Bertz CT molecular complexity index is 246. The Morgan fingerprint density at radius 1 is 1.46 bits per heavy atom. The number of rotatable bonds is 3. The Hall–Kier alpha value is -0.210. The lowest BCUT2D eigenvalue weighted by atomic mass is 10.5. The van der Waals surface area contributed by atoms with Gasteiger partial charge in [0.25, 0.3) is 10.2 Å². The first kappa shape index (κ1) is 10.9. The average Bonchev–Trinajstić information content (AvgIpc) is 2.04. The van der Waals surface area contributed by atoms with E-state index in [1.54, 1.807) is 6.92 Å². The minimum atomic E-state index is -3.40. The van der Waals surface area contributed by atoms with Crippen molar-refractivity contribution in [2.75, 3.05) is 26.3 Å². The fourth-order valence-electron chi connectivity index (χ4n) is 1.10. The smallest absolute Gasteiger partial charge is 0.280 e. The summed E-state index contributed by atoms with van der Waals surface area (Å²) in [5.74, 6) is 0. The van der Waals surface area contributed by atoms with Gasteiger partial charge in [0.2, 0.25) is 0 Å². The fraction of sp³-hybridized carbons (Fsp3) is 1.00. The maximum Gasteiger partial charge on any atom is 0.280 e. The van der Waals surface area contributed by atoms with Crippen molar-refractivity contribution in [2.24, 2.45) is 5.73 Å². The lowest BCUT2D eigenvalue weighted by molar-refractivity contribution is 0.0723. The first-order chi connectivity index (χ1) is 6.02. The monoisotopic (exact) mass is 209 g/mol. The normalized spacial score (nSPS) is 22.9. The standard InChI is InChI=1S/C6H15N3O3S/c1-6(7)8-13(10,11)9-2-4-12-5-3-9/h6,8H,2-5,7H2,1H3. The van der Waals surface area contributed by atoms with Gasteiger partial charge in [0.15, 0.2) is 0 Å². The van der Waals surface area contributed by atoms with Crippen LogP contribution in [-0.4, -0.2) is 45.2 Å². The van der Waals surface area contributed by atoms with E-state index >= 15 is 0 Å². The van der Waals surface area contributed by atoms with Crippen LogP contribution in [0.1, 0.15) is 6.92 Å². The molecule has 0 aromatic carbocycles. The highest BCUT2D eigenvalue weighted by molar-refractivity contribution is 7.87. The predicted octanol–water partition coefficient (Wildman–Crippen LogP) is -1.54. The van der Waals surface area contributed by atoms with Gasteiger partial charge in [0, 0.05) is 13.1 Å². The van der Waals surface area contributed by atoms with Crippen LogP contribution in [0.3, 0.4) is 0 Å². The first-order valence-electron chi connectivity index (χ1n) is 4.13. The van der Waals surface area contributed by atoms with Gasteiger partial charge in [-0.3, -0.25) is 0 Å². The Morgan fingerprint density at radius 2 is 2.00 bits per heavy atom. The molecule has 78 valence electrons. The van der Waals surface area contributed by atoms with E-state index < -0.39 is 16.4 Å². The van der Waals surface area contributed by atoms with Gasteiger partial charge in [-0.25, -0.2) is 0 Å². The van der Waals surface area contributed by atoms with Crippen molar-refractivity contribution >= 4 is 10.2 Å². The number of morpholine rings is 1. The summed E-state index contributed by atoms with van der Waals surface area (Å²) in [6.07, 6.45) is -0.562. The molecule has 0 aliphatic carbocycles. The van der Waals surface area contributed by atoms with Gasteiger partial charge in [0.05, 0.1) is 19.4 Å². The Kier molecular flexibility index (Phi) is 3.63. The van der Waals surface area contributed by atoms with Gasteiger partial charge in [0.1, 0.15) is 0 Å². The van der Waals surface area contributed by atoms with Crippen LogP contribution >= 0.6 is 0 Å². The van der Waals surface area contributed by atoms with E-state index in [2.05, 4.69) is 4.72 Å². The second-order valence-corrected chi connectivity index (χ2v) is 4.63. The molecule has 1 aliphatic heterocycles. The molecule has 0 saturated carbocycles. The van der Waals surface area contributed by atoms with Crippen molar-refractivity contribution in [3.8, 4) is 0 Å². The SMILES string of the molecule is CC(N)NS(=O)(=O)N1CCOCC1. The predicted molar refractivity (Wildman–Crippen MR) is 48.1 cm³/mol. The van der Waals surface area contributed by atoms with Crippen molar-refractivity contribution in [1.29, 1.82) is 0 Å². The molecular formula is C6H15N3O3S. The molecule has 1 heterocycles. The fourth-order valence-corrected chi connectivity index (χ4v) is 2.35. The van der Waals surface area contributed by atoms with Crippen molar-refractivity contribution in [2.45, 2.75) is 13.1 Å². The van der Waals surface area contributed by atoms with Crippen molar-refractivity contribution < 1.29 is 13.2 Å². The maximum atomic E-state index is 11.5. The van der Waals surface area contributed by atoms with E-state index in [9.17, 15) is 8.42 Å². The molecule has 1 rings (SSSR count). The Morgan fingerprint density at radius 3 is 2.46 bits per heavy atom. The molecule has 0 aromatic rings. The number of nitrogens with one attached hydrogen (secondary N) is 1. The third-order valence-corrected chi connectivity index (χ3v) is 3.36. The summed E-state index contributed by atoms with van der Waals surface area (Å²) in [4.78, 5) is 0. The minimum absolute atomic E-state index is 0.391. The summed E-state index contributed by atoms with van der Waals surface area (Å²) >= 11 is 0. The van der Waals surface area contributed by atoms with E-state index in [-0.39, 0.29) is 0 Å². The van der Waals surface area contributed by atoms with Crippen LogP contribution < -0.4 is 10.5 Å². The number of ether oxygens (including phenoxy) is 1. The van der Waals surface area contributed by atoms with Gasteiger partial charge in [-0.2, -0.15) is 17.4 Å². The van der Waals surface area contributed by atoms with Crippen LogP contribution in [0.2, 0.25) is 0 Å². The van der Waals surface area contributed by atoms with Crippen molar-refractivity contribution in [3.05, 3.63) is 0 Å². The van der Waals surface area contributed by atoms with E-state index in [1.807, 2.05) is 0 Å². The van der Waals surface area contributed by atoms with Gasteiger partial charge in [-0.1, -0.05) is 0 Å². The molecule has 0 aromatic heterocycles. The zero-order valence-corrected chi connectivity index (χ0v) is 8.38. The molecule has 0 amide bonds. The molecule has 0 radical (unpaired) electrons. The molecule has 7 heteroatoms. The van der Waals surface area contributed by atoms with Gasteiger partial charge in [-0.05, 0) is 6.92 Å². The lowest BCUT2D eigenvalue weighted by Crippen LogP contribution is -2.51. The molecule has 13 heavy (non-hydrogen) atoms. The molecule has 0 bridgehead atoms. The largest absolute Gasteiger partial charge is 0.379 e. The quantitative estimate of drug-likeness (QED) is 0.552. The van der Waals surface area contributed by atoms with Crippen molar-refractivity contribution in [1.82, 2.24) is 9.03 Å².